The first kappa shape index (κ1) is 7.28. The van der Waals surface area contributed by atoms with Gasteiger partial charge in [0.05, 0.1) is 5.56 Å². The summed E-state index contributed by atoms with van der Waals surface area (Å²) >= 11 is 0. The van der Waals surface area contributed by atoms with Gasteiger partial charge in [-0.1, -0.05) is 0 Å². The van der Waals surface area contributed by atoms with E-state index >= 15 is 0 Å². The van der Waals surface area contributed by atoms with Crippen molar-refractivity contribution in [2.24, 2.45) is 5.92 Å². The van der Waals surface area contributed by atoms with E-state index in [1.807, 2.05) is 0 Å². The van der Waals surface area contributed by atoms with Crippen LogP contribution in [0.25, 0.3) is 0 Å². The molecule has 3 heteroatoms. The first-order valence-corrected chi connectivity index (χ1v) is 3.89. The van der Waals surface area contributed by atoms with Crippen LogP contribution in [-0.4, -0.2) is 12.1 Å². The summed E-state index contributed by atoms with van der Waals surface area (Å²) in [5, 5.41) is 0. The van der Waals surface area contributed by atoms with Crippen molar-refractivity contribution in [3.8, 4) is 0 Å². The van der Waals surface area contributed by atoms with Crippen LogP contribution in [0, 0.1) is 5.92 Å². The second-order valence-electron chi connectivity index (χ2n) is 2.99. The van der Waals surface area contributed by atoms with Crippen molar-refractivity contribution in [3.63, 3.8) is 0 Å². The summed E-state index contributed by atoms with van der Waals surface area (Å²) in [6, 6.07) is 1.49. The lowest BCUT2D eigenvalue weighted by molar-refractivity contribution is 0.0966. The van der Waals surface area contributed by atoms with E-state index in [0.29, 0.717) is 11.8 Å². The van der Waals surface area contributed by atoms with Gasteiger partial charge < -0.3 is 4.42 Å². The van der Waals surface area contributed by atoms with Crippen LogP contribution in [0.4, 0.5) is 0 Å². The van der Waals surface area contributed by atoms with Crippen molar-refractivity contribution in [2.75, 3.05) is 0 Å². The molecule has 0 bridgehead atoms. The molecule has 62 valence electrons. The highest BCUT2D eigenvalue weighted by atomic mass is 16.3. The topological polar surface area (TPSA) is 47.3 Å². The number of hydrogen-bond donors (Lipinski definition) is 0. The van der Waals surface area contributed by atoms with E-state index in [9.17, 15) is 9.59 Å². The summed E-state index contributed by atoms with van der Waals surface area (Å²) in [6.45, 7) is 0. The van der Waals surface area contributed by atoms with E-state index in [0.717, 1.165) is 12.8 Å². The molecule has 1 aliphatic carbocycles. The van der Waals surface area contributed by atoms with Crippen molar-refractivity contribution < 1.29 is 14.0 Å². The highest BCUT2D eigenvalue weighted by Crippen LogP contribution is 2.32. The molecule has 12 heavy (non-hydrogen) atoms. The second-order valence-corrected chi connectivity index (χ2v) is 2.99. The fraction of sp³-hybridized carbons (Fsp3) is 0.333. The highest BCUT2D eigenvalue weighted by molar-refractivity contribution is 5.99. The van der Waals surface area contributed by atoms with Crippen molar-refractivity contribution in [1.29, 1.82) is 0 Å². The molecule has 0 aliphatic heterocycles. The predicted octanol–water partition coefficient (Wildman–Crippen LogP) is 1.68. The molecular formula is C9H8O3. The van der Waals surface area contributed by atoms with Crippen LogP contribution in [-0.2, 0) is 0 Å². The molecule has 0 atom stereocenters. The zero-order chi connectivity index (χ0) is 8.55. The maximum atomic E-state index is 11.4. The minimum atomic E-state index is 0.104. The van der Waals surface area contributed by atoms with Crippen molar-refractivity contribution >= 4 is 12.1 Å². The lowest BCUT2D eigenvalue weighted by Crippen LogP contribution is -1.98. The molecule has 0 unspecified atom stereocenters. The first-order valence-electron chi connectivity index (χ1n) is 3.89. The zero-order valence-electron chi connectivity index (χ0n) is 6.45. The van der Waals surface area contributed by atoms with Gasteiger partial charge in [0, 0.05) is 5.92 Å². The average molecular weight is 164 g/mol. The van der Waals surface area contributed by atoms with Gasteiger partial charge in [0.25, 0.3) is 0 Å². The molecule has 0 aromatic carbocycles. The van der Waals surface area contributed by atoms with Crippen LogP contribution in [0.5, 0.6) is 0 Å². The molecule has 1 aromatic rings. The predicted molar refractivity (Wildman–Crippen MR) is 41.2 cm³/mol. The maximum Gasteiger partial charge on any atom is 0.185 e. The number of carbonyl (C=O) groups is 2. The summed E-state index contributed by atoms with van der Waals surface area (Å²) in [7, 11) is 0. The minimum absolute atomic E-state index is 0.104. The summed E-state index contributed by atoms with van der Waals surface area (Å²) in [5.74, 6) is 0.507. The molecule has 1 fully saturated rings. The van der Waals surface area contributed by atoms with E-state index in [-0.39, 0.29) is 17.5 Å². The number of ketones is 1. The van der Waals surface area contributed by atoms with Gasteiger partial charge in [0.2, 0.25) is 0 Å². The molecule has 1 aliphatic rings. The fourth-order valence-electron chi connectivity index (χ4n) is 1.13. The monoisotopic (exact) mass is 164 g/mol. The number of furan rings is 1. The third-order valence-corrected chi connectivity index (χ3v) is 1.97. The molecule has 0 spiro atoms. The van der Waals surface area contributed by atoms with Gasteiger partial charge >= 0.3 is 0 Å². The number of Topliss-reactive ketones (excluding diaryl/α,β-unsaturated/α-hetero) is 1. The van der Waals surface area contributed by atoms with Crippen LogP contribution < -0.4 is 0 Å². The largest absolute Gasteiger partial charge is 0.461 e. The van der Waals surface area contributed by atoms with E-state index in [2.05, 4.69) is 0 Å². The molecular weight excluding hydrogens is 156 g/mol. The Morgan fingerprint density at radius 2 is 2.33 bits per heavy atom. The second kappa shape index (κ2) is 2.59. The van der Waals surface area contributed by atoms with Gasteiger partial charge in [0.1, 0.15) is 6.26 Å². The van der Waals surface area contributed by atoms with E-state index < -0.39 is 0 Å². The van der Waals surface area contributed by atoms with Crippen molar-refractivity contribution in [1.82, 2.24) is 0 Å². The third kappa shape index (κ3) is 1.18. The van der Waals surface area contributed by atoms with Gasteiger partial charge in [-0.2, -0.15) is 0 Å². The number of aldehydes is 1. The Morgan fingerprint density at radius 1 is 1.58 bits per heavy atom. The molecule has 0 N–H and O–H groups in total. The van der Waals surface area contributed by atoms with Crippen LogP contribution in [0.15, 0.2) is 16.7 Å². The summed E-state index contributed by atoms with van der Waals surface area (Å²) < 4.78 is 4.82. The molecule has 1 saturated carbocycles. The van der Waals surface area contributed by atoms with Crippen LogP contribution >= 0.6 is 0 Å². The lowest BCUT2D eigenvalue weighted by Gasteiger charge is -1.88. The molecule has 3 nitrogen and oxygen atoms in total. The third-order valence-electron chi connectivity index (χ3n) is 1.97. The number of rotatable bonds is 3. The Labute approximate surface area is 69.4 Å². The Kier molecular flexibility index (Phi) is 1.57. The summed E-state index contributed by atoms with van der Waals surface area (Å²) in [4.78, 5) is 21.6. The SMILES string of the molecule is O=Cc1cc(C(=O)C2CC2)co1. The Morgan fingerprint density at radius 3 is 2.83 bits per heavy atom. The maximum absolute atomic E-state index is 11.4. The average Bonchev–Trinajstić information content (AvgIpc) is 2.82. The minimum Gasteiger partial charge on any atom is -0.461 e. The fourth-order valence-corrected chi connectivity index (χ4v) is 1.13. The summed E-state index contributed by atoms with van der Waals surface area (Å²) in [5.41, 5.74) is 0.527. The van der Waals surface area contributed by atoms with Crippen LogP contribution in [0.1, 0.15) is 33.8 Å². The van der Waals surface area contributed by atoms with Crippen LogP contribution in [0.2, 0.25) is 0 Å². The van der Waals surface area contributed by atoms with Gasteiger partial charge in [-0.05, 0) is 18.9 Å². The van der Waals surface area contributed by atoms with Crippen molar-refractivity contribution in [2.45, 2.75) is 12.8 Å². The normalized spacial score (nSPS) is 16.0. The Hall–Kier alpha value is -1.38. The smallest absolute Gasteiger partial charge is 0.185 e. The first-order chi connectivity index (χ1) is 5.81. The van der Waals surface area contributed by atoms with Crippen molar-refractivity contribution in [3.05, 3.63) is 23.7 Å². The van der Waals surface area contributed by atoms with Gasteiger partial charge in [0.15, 0.2) is 17.8 Å². The quantitative estimate of drug-likeness (QED) is 0.504. The molecule has 0 amide bonds. The van der Waals surface area contributed by atoms with E-state index in [4.69, 9.17) is 4.42 Å². The number of hydrogen-bond acceptors (Lipinski definition) is 3. The molecule has 0 radical (unpaired) electrons. The molecule has 0 saturated heterocycles. The number of carbonyl (C=O) groups excluding carboxylic acids is 2. The van der Waals surface area contributed by atoms with Gasteiger partial charge in [-0.15, -0.1) is 0 Å². The molecule has 1 heterocycles. The standard InChI is InChI=1S/C9H8O3/c10-4-8-3-7(5-12-8)9(11)6-1-2-6/h3-6H,1-2H2. The Bertz CT molecular complexity index is 320. The van der Waals surface area contributed by atoms with Gasteiger partial charge in [-0.3, -0.25) is 9.59 Å². The zero-order valence-corrected chi connectivity index (χ0v) is 6.45. The lowest BCUT2D eigenvalue weighted by atomic mass is 10.1. The van der Waals surface area contributed by atoms with Crippen LogP contribution in [0.3, 0.4) is 0 Å². The highest BCUT2D eigenvalue weighted by Gasteiger charge is 2.31. The molecule has 1 aromatic heterocycles. The van der Waals surface area contributed by atoms with E-state index in [1.54, 1.807) is 0 Å². The Balaban J connectivity index is 2.21. The summed E-state index contributed by atoms with van der Waals surface area (Å²) in [6.07, 6.45) is 3.90. The van der Waals surface area contributed by atoms with Gasteiger partial charge in [-0.25, -0.2) is 0 Å². The van der Waals surface area contributed by atoms with E-state index in [1.165, 1.54) is 12.3 Å². The molecule has 2 rings (SSSR count).